The summed E-state index contributed by atoms with van der Waals surface area (Å²) in [6.45, 7) is 0.162. The van der Waals surface area contributed by atoms with E-state index in [0.29, 0.717) is 5.56 Å². The standard InChI is InChI=1S/C16H14N2O4/c19-16(14-6-8-15(9-7-14)18(21)22)10-11-17(20)12-13-4-2-1-3-5-13/h1-10H,11-12H2/b16-10-. The summed E-state index contributed by atoms with van der Waals surface area (Å²) in [7, 11) is 0. The van der Waals surface area contributed by atoms with E-state index in [9.17, 15) is 20.1 Å². The van der Waals surface area contributed by atoms with E-state index in [1.165, 1.54) is 30.3 Å². The zero-order chi connectivity index (χ0) is 15.9. The fourth-order valence-corrected chi connectivity index (χ4v) is 1.90. The molecule has 0 bridgehead atoms. The molecule has 0 aliphatic rings. The molecular formula is C16H14N2O4. The maximum atomic E-state index is 11.9. The van der Waals surface area contributed by atoms with Gasteiger partial charge in [-0.25, -0.2) is 0 Å². The van der Waals surface area contributed by atoms with Crippen molar-refractivity contribution in [3.05, 3.63) is 86.8 Å². The lowest BCUT2D eigenvalue weighted by Crippen LogP contribution is -2.11. The Morgan fingerprint density at radius 3 is 2.23 bits per heavy atom. The summed E-state index contributed by atoms with van der Waals surface area (Å²) in [4.78, 5) is 21.7. The Bertz CT molecular complexity index is 694. The Morgan fingerprint density at radius 2 is 1.64 bits per heavy atom. The molecule has 0 aromatic heterocycles. The first-order valence-electron chi connectivity index (χ1n) is 6.64. The quantitative estimate of drug-likeness (QED) is 0.354. The highest BCUT2D eigenvalue weighted by Gasteiger charge is 2.07. The first-order chi connectivity index (χ1) is 10.6. The van der Waals surface area contributed by atoms with Crippen LogP contribution in [0, 0.1) is 15.0 Å². The van der Waals surface area contributed by atoms with Gasteiger partial charge in [0, 0.05) is 27.4 Å². The molecule has 0 N–H and O–H groups in total. The second-order valence-corrected chi connectivity index (χ2v) is 4.68. The van der Waals surface area contributed by atoms with Gasteiger partial charge in [-0.1, -0.05) is 36.1 Å². The van der Waals surface area contributed by atoms with E-state index in [4.69, 9.17) is 0 Å². The van der Waals surface area contributed by atoms with E-state index in [1.54, 1.807) is 0 Å². The predicted octanol–water partition coefficient (Wildman–Crippen LogP) is 2.28. The van der Waals surface area contributed by atoms with Gasteiger partial charge in [-0.15, -0.1) is 0 Å². The van der Waals surface area contributed by atoms with Gasteiger partial charge in [-0.3, -0.25) is 10.1 Å². The monoisotopic (exact) mass is 298 g/mol. The van der Waals surface area contributed by atoms with Crippen molar-refractivity contribution in [3.8, 4) is 0 Å². The summed E-state index contributed by atoms with van der Waals surface area (Å²) in [6, 6.07) is 14.5. The Labute approximate surface area is 127 Å². The summed E-state index contributed by atoms with van der Waals surface area (Å²) in [6.07, 6.45) is 1.27. The Balaban J connectivity index is 1.97. The van der Waals surface area contributed by atoms with Gasteiger partial charge in [0.1, 0.15) is 0 Å². The van der Waals surface area contributed by atoms with Gasteiger partial charge in [-0.2, -0.15) is 0 Å². The number of rotatable bonds is 6. The Morgan fingerprint density at radius 1 is 1.00 bits per heavy atom. The first kappa shape index (κ1) is 15.4. The molecule has 22 heavy (non-hydrogen) atoms. The van der Waals surface area contributed by atoms with Crippen LogP contribution in [0.15, 0.2) is 60.7 Å². The molecular weight excluding hydrogens is 284 g/mol. The molecule has 0 spiro atoms. The number of nitrogens with zero attached hydrogens (tertiary/aromatic N) is 2. The molecule has 0 amide bonds. The third-order valence-corrected chi connectivity index (χ3v) is 3.04. The van der Waals surface area contributed by atoms with Crippen molar-refractivity contribution in [1.82, 2.24) is 0 Å². The number of benzene rings is 2. The second kappa shape index (κ2) is 7.12. The van der Waals surface area contributed by atoms with Crippen LogP contribution in [-0.4, -0.2) is 16.2 Å². The van der Waals surface area contributed by atoms with Crippen LogP contribution in [-0.2, 0) is 6.54 Å². The molecule has 0 aliphatic carbocycles. The molecule has 0 heterocycles. The van der Waals surface area contributed by atoms with Crippen molar-refractivity contribution in [3.63, 3.8) is 0 Å². The van der Waals surface area contributed by atoms with Crippen LogP contribution in [0.4, 0.5) is 5.69 Å². The van der Waals surface area contributed by atoms with Gasteiger partial charge in [0.2, 0.25) is 13.1 Å². The molecule has 0 radical (unpaired) electrons. The minimum absolute atomic E-state index is 0.0370. The normalized spacial score (nSPS) is 11.2. The lowest BCUT2D eigenvalue weighted by Gasteiger charge is -2.10. The highest BCUT2D eigenvalue weighted by molar-refractivity contribution is 5.58. The predicted molar refractivity (Wildman–Crippen MR) is 79.7 cm³/mol. The molecule has 0 aliphatic heterocycles. The number of hydrogen-bond acceptors (Lipinski definition) is 4. The SMILES string of the molecule is O=[N+](C/C=C(\[O-])c1ccc([N+](=O)[O-])cc1)Cc1ccccc1. The summed E-state index contributed by atoms with van der Waals surface area (Å²) in [5.41, 5.74) is 1.11. The maximum Gasteiger partial charge on any atom is 0.269 e. The molecule has 2 rings (SSSR count). The highest BCUT2D eigenvalue weighted by atomic mass is 16.6. The van der Waals surface area contributed by atoms with Crippen LogP contribution in [0.5, 0.6) is 0 Å². The van der Waals surface area contributed by atoms with Gasteiger partial charge < -0.3 is 5.11 Å². The number of nitro benzene ring substituents is 1. The lowest BCUT2D eigenvalue weighted by molar-refractivity contribution is -0.555. The van der Waals surface area contributed by atoms with Gasteiger partial charge >= 0.3 is 0 Å². The van der Waals surface area contributed by atoms with Crippen LogP contribution < -0.4 is 5.11 Å². The van der Waals surface area contributed by atoms with Crippen LogP contribution in [0.2, 0.25) is 0 Å². The van der Waals surface area contributed by atoms with Crippen molar-refractivity contribution in [2.75, 3.05) is 6.54 Å². The zero-order valence-electron chi connectivity index (χ0n) is 11.7. The van der Waals surface area contributed by atoms with E-state index in [2.05, 4.69) is 0 Å². The van der Waals surface area contributed by atoms with Crippen molar-refractivity contribution in [2.24, 2.45) is 0 Å². The largest absolute Gasteiger partial charge is 0.872 e. The molecule has 112 valence electrons. The van der Waals surface area contributed by atoms with Crippen molar-refractivity contribution in [1.29, 1.82) is 0 Å². The van der Waals surface area contributed by atoms with E-state index < -0.39 is 4.92 Å². The van der Waals surface area contributed by atoms with Crippen LogP contribution in [0.3, 0.4) is 0 Å². The summed E-state index contributed by atoms with van der Waals surface area (Å²) in [5, 5.41) is 22.4. The fraction of sp³-hybridized carbons (Fsp3) is 0.125. The Hall–Kier alpha value is -3.02. The second-order valence-electron chi connectivity index (χ2n) is 4.68. The lowest BCUT2D eigenvalue weighted by atomic mass is 10.1. The molecule has 0 fully saturated rings. The number of non-ortho nitro benzene ring substituents is 1. The minimum Gasteiger partial charge on any atom is -0.872 e. The molecule has 0 atom stereocenters. The molecule has 0 saturated heterocycles. The molecule has 2 aromatic rings. The molecule has 6 heteroatoms. The molecule has 0 saturated carbocycles. The minimum atomic E-state index is -0.531. The van der Waals surface area contributed by atoms with Crippen molar-refractivity contribution >= 4 is 11.4 Å². The molecule has 2 aromatic carbocycles. The maximum absolute atomic E-state index is 11.9. The van der Waals surface area contributed by atoms with E-state index in [-0.39, 0.29) is 24.5 Å². The Kier molecular flexibility index (Phi) is 4.98. The zero-order valence-corrected chi connectivity index (χ0v) is 11.7. The highest BCUT2D eigenvalue weighted by Crippen LogP contribution is 2.15. The van der Waals surface area contributed by atoms with Gasteiger partial charge in [0.25, 0.3) is 5.69 Å². The topological polar surface area (TPSA) is 86.3 Å². The summed E-state index contributed by atoms with van der Waals surface area (Å²) >= 11 is 0. The van der Waals surface area contributed by atoms with E-state index in [0.717, 1.165) is 10.3 Å². The summed E-state index contributed by atoms with van der Waals surface area (Å²) < 4.78 is 0.776. The average Bonchev–Trinajstić information content (AvgIpc) is 2.53. The van der Waals surface area contributed by atoms with E-state index >= 15 is 0 Å². The van der Waals surface area contributed by atoms with Gasteiger partial charge in [0.05, 0.1) is 4.92 Å². The summed E-state index contributed by atoms with van der Waals surface area (Å²) in [5.74, 6) is -0.330. The van der Waals surface area contributed by atoms with Crippen LogP contribution in [0.25, 0.3) is 5.76 Å². The van der Waals surface area contributed by atoms with E-state index in [1.807, 2.05) is 30.3 Å². The van der Waals surface area contributed by atoms with Crippen molar-refractivity contribution < 1.29 is 14.8 Å². The number of hydrogen-bond donors (Lipinski definition) is 0. The third kappa shape index (κ3) is 4.24. The van der Waals surface area contributed by atoms with Crippen LogP contribution in [0.1, 0.15) is 11.1 Å². The average molecular weight is 298 g/mol. The molecule has 6 nitrogen and oxygen atoms in total. The smallest absolute Gasteiger partial charge is 0.269 e. The van der Waals surface area contributed by atoms with Gasteiger partial charge in [-0.05, 0) is 23.8 Å². The number of nitro groups is 1. The van der Waals surface area contributed by atoms with Gasteiger partial charge in [0.15, 0.2) is 0 Å². The first-order valence-corrected chi connectivity index (χ1v) is 6.64. The third-order valence-electron chi connectivity index (χ3n) is 3.04. The van der Waals surface area contributed by atoms with Crippen LogP contribution >= 0.6 is 0 Å². The fourth-order valence-electron chi connectivity index (χ4n) is 1.90. The molecule has 0 unspecified atom stereocenters. The van der Waals surface area contributed by atoms with Crippen molar-refractivity contribution in [2.45, 2.75) is 6.54 Å². The number of nitroso groups, excluding NO2 is 1.